The third-order valence-electron chi connectivity index (χ3n) is 4.12. The predicted octanol–water partition coefficient (Wildman–Crippen LogP) is 6.55. The summed E-state index contributed by atoms with van der Waals surface area (Å²) in [7, 11) is -9.81. The van der Waals surface area contributed by atoms with Crippen molar-refractivity contribution in [1.29, 1.82) is 5.26 Å². The molecule has 0 unspecified atom stereocenters. The first-order valence-corrected chi connectivity index (χ1v) is 10.8. The van der Waals surface area contributed by atoms with Crippen molar-refractivity contribution in [2.75, 3.05) is 11.9 Å². The van der Waals surface area contributed by atoms with E-state index in [0.29, 0.717) is 27.9 Å². The lowest BCUT2D eigenvalue weighted by molar-refractivity contribution is -0.132. The molecule has 2 aromatic carbocycles. The quantitative estimate of drug-likeness (QED) is 0.321. The Morgan fingerprint density at radius 3 is 2.40 bits per heavy atom. The number of anilines is 1. The van der Waals surface area contributed by atoms with Crippen LogP contribution in [-0.4, -0.2) is 22.6 Å². The molecule has 158 valence electrons. The van der Waals surface area contributed by atoms with Crippen molar-refractivity contribution in [2.24, 2.45) is 0 Å². The monoisotopic (exact) mass is 461 g/mol. The Bertz CT molecular complexity index is 1230. The third-order valence-corrected chi connectivity index (χ3v) is 6.13. The van der Waals surface area contributed by atoms with Crippen LogP contribution in [0.3, 0.4) is 0 Å². The van der Waals surface area contributed by atoms with E-state index in [0.717, 1.165) is 23.5 Å². The molecular weight excluding hydrogens is 449 g/mol. The topological polar surface area (TPSA) is 86.0 Å². The number of nitrogens with one attached hydrogen (secondary N) is 1. The van der Waals surface area contributed by atoms with Crippen LogP contribution in [0.15, 0.2) is 52.9 Å². The second-order valence-corrected chi connectivity index (χ2v) is 9.51. The average Bonchev–Trinajstić information content (AvgIpc) is 3.12. The van der Waals surface area contributed by atoms with Crippen LogP contribution >= 0.6 is 21.6 Å². The smallest absolute Gasteiger partial charge is 0.332 e. The predicted molar refractivity (Wildman–Crippen MR) is 106 cm³/mol. The summed E-state index contributed by atoms with van der Waals surface area (Å²) in [6.07, 6.45) is 0. The first kappa shape index (κ1) is 21.5. The lowest BCUT2D eigenvalue weighted by atomic mass is 10.0. The van der Waals surface area contributed by atoms with Crippen LogP contribution < -0.4 is 5.32 Å². The standard InChI is InChI=1S/C18H12F5N3O2S2/c1-10(18(27)28)8-25-15-6-13(16-17(14(15)7-24)29-9-26-16)11-2-4-12(5-3-11)30(19,20,21,22)23/h2-6,9,25H,1,8H2,(H,27,28). The molecular formula is C18H12F5N3O2S2. The number of thiazole rings is 1. The number of nitriles is 1. The number of carboxylic acid groups (broad SMARTS) is 1. The van der Waals surface area contributed by atoms with Crippen LogP contribution in [0.5, 0.6) is 0 Å². The molecule has 0 aliphatic rings. The van der Waals surface area contributed by atoms with Crippen LogP contribution in [0.4, 0.5) is 25.1 Å². The maximum Gasteiger partial charge on any atom is 0.332 e. The number of carbonyl (C=O) groups is 1. The number of rotatable bonds is 6. The van der Waals surface area contributed by atoms with Gasteiger partial charge in [-0.2, -0.15) is 5.26 Å². The van der Waals surface area contributed by atoms with Crippen LogP contribution in [0, 0.1) is 11.3 Å². The van der Waals surface area contributed by atoms with E-state index in [1.54, 1.807) is 0 Å². The van der Waals surface area contributed by atoms with E-state index in [-0.39, 0.29) is 28.9 Å². The molecule has 12 heteroatoms. The van der Waals surface area contributed by atoms with Gasteiger partial charge in [0, 0.05) is 17.7 Å². The number of aromatic nitrogens is 1. The van der Waals surface area contributed by atoms with E-state index in [4.69, 9.17) is 5.11 Å². The summed E-state index contributed by atoms with van der Waals surface area (Å²) in [5, 5.41) is 21.2. The zero-order valence-corrected chi connectivity index (χ0v) is 16.5. The number of hydrogen-bond donors (Lipinski definition) is 2. The summed E-state index contributed by atoms with van der Waals surface area (Å²) in [4.78, 5) is 13.1. The Morgan fingerprint density at radius 1 is 1.23 bits per heavy atom. The highest BCUT2D eigenvalue weighted by Crippen LogP contribution is 3.02. The van der Waals surface area contributed by atoms with E-state index in [2.05, 4.69) is 16.9 Å². The van der Waals surface area contributed by atoms with Gasteiger partial charge in [-0.25, -0.2) is 9.78 Å². The highest BCUT2D eigenvalue weighted by molar-refractivity contribution is 8.45. The first-order chi connectivity index (χ1) is 13.7. The number of benzene rings is 2. The van der Waals surface area contributed by atoms with Crippen LogP contribution in [0.1, 0.15) is 5.56 Å². The summed E-state index contributed by atoms with van der Waals surface area (Å²) in [6, 6.07) is 5.78. The van der Waals surface area contributed by atoms with Crippen molar-refractivity contribution in [2.45, 2.75) is 4.90 Å². The molecule has 3 rings (SSSR count). The van der Waals surface area contributed by atoms with Gasteiger partial charge in [0.25, 0.3) is 0 Å². The van der Waals surface area contributed by atoms with Gasteiger partial charge in [-0.1, -0.05) is 38.1 Å². The normalized spacial score (nSPS) is 13.9. The van der Waals surface area contributed by atoms with Gasteiger partial charge in [0.05, 0.1) is 27.0 Å². The molecule has 0 amide bonds. The highest BCUT2D eigenvalue weighted by atomic mass is 32.5. The Balaban J connectivity index is 2.13. The Kier molecular flexibility index (Phi) is 4.60. The summed E-state index contributed by atoms with van der Waals surface area (Å²) in [6.45, 7) is 3.18. The van der Waals surface area contributed by atoms with Crippen molar-refractivity contribution in [3.63, 3.8) is 0 Å². The molecule has 0 fully saturated rings. The van der Waals surface area contributed by atoms with E-state index < -0.39 is 21.1 Å². The minimum Gasteiger partial charge on any atom is -0.478 e. The van der Waals surface area contributed by atoms with Crippen molar-refractivity contribution < 1.29 is 29.3 Å². The molecule has 0 bridgehead atoms. The van der Waals surface area contributed by atoms with E-state index in [9.17, 15) is 29.5 Å². The van der Waals surface area contributed by atoms with Gasteiger partial charge >= 0.3 is 16.2 Å². The summed E-state index contributed by atoms with van der Waals surface area (Å²) >= 11 is 1.10. The van der Waals surface area contributed by atoms with Gasteiger partial charge in [0.1, 0.15) is 11.0 Å². The van der Waals surface area contributed by atoms with E-state index in [1.165, 1.54) is 11.6 Å². The van der Waals surface area contributed by atoms with Gasteiger partial charge in [-0.15, -0.1) is 11.3 Å². The molecule has 0 radical (unpaired) electrons. The maximum absolute atomic E-state index is 13.0. The van der Waals surface area contributed by atoms with E-state index in [1.807, 2.05) is 6.07 Å². The molecule has 0 saturated carbocycles. The molecule has 0 saturated heterocycles. The molecule has 3 aromatic rings. The van der Waals surface area contributed by atoms with Crippen LogP contribution in [0.25, 0.3) is 21.3 Å². The van der Waals surface area contributed by atoms with Crippen LogP contribution in [0.2, 0.25) is 0 Å². The van der Waals surface area contributed by atoms with Crippen molar-refractivity contribution in [3.05, 3.63) is 53.6 Å². The second-order valence-electron chi connectivity index (χ2n) is 6.24. The third kappa shape index (κ3) is 4.22. The van der Waals surface area contributed by atoms with Gasteiger partial charge in [-0.05, 0) is 23.8 Å². The molecule has 1 heterocycles. The first-order valence-electron chi connectivity index (χ1n) is 8.01. The van der Waals surface area contributed by atoms with Crippen molar-refractivity contribution in [1.82, 2.24) is 4.98 Å². The zero-order valence-electron chi connectivity index (χ0n) is 14.8. The maximum atomic E-state index is 13.0. The Labute approximate surface area is 170 Å². The van der Waals surface area contributed by atoms with Gasteiger partial charge in [-0.3, -0.25) is 0 Å². The van der Waals surface area contributed by atoms with E-state index >= 15 is 0 Å². The molecule has 0 aliphatic heterocycles. The zero-order chi connectivity index (χ0) is 22.4. The Hall–Kier alpha value is -3.17. The highest BCUT2D eigenvalue weighted by Gasteiger charge is 2.65. The lowest BCUT2D eigenvalue weighted by Crippen LogP contribution is -2.12. The number of carboxylic acids is 1. The summed E-state index contributed by atoms with van der Waals surface area (Å²) in [5.41, 5.74) is 2.40. The van der Waals surface area contributed by atoms with Crippen molar-refractivity contribution >= 4 is 43.4 Å². The summed E-state index contributed by atoms with van der Waals surface area (Å²) < 4.78 is 65.3. The molecule has 0 atom stereocenters. The van der Waals surface area contributed by atoms with Gasteiger partial charge in [0.15, 0.2) is 0 Å². The number of fused-ring (bicyclic) bond motifs is 1. The van der Waals surface area contributed by atoms with Crippen molar-refractivity contribution in [3.8, 4) is 17.2 Å². The SMILES string of the molecule is C=C(CNc1cc(-c2ccc(S(F)(F)(F)(F)F)cc2)c2ncsc2c1C#N)C(=O)O. The fraction of sp³-hybridized carbons (Fsp3) is 0.0556. The fourth-order valence-electron chi connectivity index (χ4n) is 2.66. The molecule has 5 nitrogen and oxygen atoms in total. The minimum absolute atomic E-state index is 0.165. The lowest BCUT2D eigenvalue weighted by Gasteiger charge is -2.40. The number of halogens is 5. The molecule has 2 N–H and O–H groups in total. The number of nitrogens with zero attached hydrogens (tertiary/aromatic N) is 2. The largest absolute Gasteiger partial charge is 0.478 e. The van der Waals surface area contributed by atoms with Crippen LogP contribution in [-0.2, 0) is 4.79 Å². The second kappa shape index (κ2) is 6.41. The fourth-order valence-corrected chi connectivity index (χ4v) is 4.12. The molecule has 30 heavy (non-hydrogen) atoms. The molecule has 0 aliphatic carbocycles. The molecule has 0 spiro atoms. The molecule has 1 aromatic heterocycles. The number of hydrogen-bond acceptors (Lipinski definition) is 5. The average molecular weight is 461 g/mol. The van der Waals surface area contributed by atoms with Gasteiger partial charge in [0.2, 0.25) is 0 Å². The van der Waals surface area contributed by atoms with Gasteiger partial charge < -0.3 is 10.4 Å². The Morgan fingerprint density at radius 2 is 1.87 bits per heavy atom. The number of aliphatic carboxylic acids is 1. The summed E-state index contributed by atoms with van der Waals surface area (Å²) in [5.74, 6) is -1.24. The minimum atomic E-state index is -9.81.